The number of nitriles is 1. The number of hydrazine groups is 1. The number of aromatic nitrogens is 2. The van der Waals surface area contributed by atoms with Crippen LogP contribution in [0.4, 0.5) is 11.6 Å². The number of nitrogens with one attached hydrogen (secondary N) is 1. The summed E-state index contributed by atoms with van der Waals surface area (Å²) in [7, 11) is 3.41. The van der Waals surface area contributed by atoms with Gasteiger partial charge in [-0.1, -0.05) is 12.1 Å². The average Bonchev–Trinajstić information content (AvgIpc) is 2.53. The second kappa shape index (κ2) is 6.54. The fourth-order valence-electron chi connectivity index (χ4n) is 2.02. The van der Waals surface area contributed by atoms with Crippen LogP contribution < -0.4 is 20.9 Å². The van der Waals surface area contributed by atoms with Crippen LogP contribution in [0, 0.1) is 11.3 Å². The smallest absolute Gasteiger partial charge is 0.205 e. The van der Waals surface area contributed by atoms with Gasteiger partial charge in [-0.25, -0.2) is 15.8 Å². The molecular formula is C14H16N6O. The van der Waals surface area contributed by atoms with Gasteiger partial charge < -0.3 is 15.1 Å². The van der Waals surface area contributed by atoms with E-state index in [1.165, 1.54) is 13.4 Å². The molecule has 0 atom stereocenters. The van der Waals surface area contributed by atoms with Crippen molar-refractivity contribution >= 4 is 11.6 Å². The highest BCUT2D eigenvalue weighted by Gasteiger charge is 2.15. The summed E-state index contributed by atoms with van der Waals surface area (Å²) >= 11 is 0. The Hall–Kier alpha value is -2.85. The van der Waals surface area contributed by atoms with Crippen molar-refractivity contribution < 1.29 is 4.74 Å². The van der Waals surface area contributed by atoms with Crippen molar-refractivity contribution in [2.24, 2.45) is 5.84 Å². The van der Waals surface area contributed by atoms with E-state index in [-0.39, 0.29) is 0 Å². The minimum Gasteiger partial charge on any atom is -0.490 e. The Kier molecular flexibility index (Phi) is 4.53. The summed E-state index contributed by atoms with van der Waals surface area (Å²) in [5, 5.41) is 8.94. The van der Waals surface area contributed by atoms with Crippen LogP contribution >= 0.6 is 0 Å². The number of anilines is 2. The van der Waals surface area contributed by atoms with Crippen molar-refractivity contribution in [3.8, 4) is 11.8 Å². The molecule has 1 aromatic carbocycles. The van der Waals surface area contributed by atoms with Gasteiger partial charge in [-0.05, 0) is 17.7 Å². The molecule has 0 fully saturated rings. The molecule has 0 unspecified atom stereocenters. The summed E-state index contributed by atoms with van der Waals surface area (Å²) in [6.45, 7) is 0.576. The normalized spacial score (nSPS) is 9.81. The number of ether oxygens (including phenoxy) is 1. The lowest BCUT2D eigenvalue weighted by Crippen LogP contribution is -2.20. The van der Waals surface area contributed by atoms with Gasteiger partial charge in [0.1, 0.15) is 6.33 Å². The SMILES string of the molecule is COc1c(NN)ncnc1N(C)Cc1cccc(C#N)c1. The minimum absolute atomic E-state index is 0.417. The molecule has 0 amide bonds. The zero-order chi connectivity index (χ0) is 15.2. The van der Waals surface area contributed by atoms with E-state index in [0.717, 1.165) is 5.56 Å². The zero-order valence-corrected chi connectivity index (χ0v) is 11.9. The van der Waals surface area contributed by atoms with Gasteiger partial charge >= 0.3 is 0 Å². The molecule has 2 rings (SSSR count). The molecule has 0 aliphatic heterocycles. The average molecular weight is 284 g/mol. The predicted molar refractivity (Wildman–Crippen MR) is 79.7 cm³/mol. The first-order valence-electron chi connectivity index (χ1n) is 6.25. The van der Waals surface area contributed by atoms with Crippen molar-refractivity contribution in [1.29, 1.82) is 5.26 Å². The third-order valence-electron chi connectivity index (χ3n) is 2.96. The van der Waals surface area contributed by atoms with E-state index in [2.05, 4.69) is 21.5 Å². The summed E-state index contributed by atoms with van der Waals surface area (Å²) < 4.78 is 5.31. The summed E-state index contributed by atoms with van der Waals surface area (Å²) in [5.41, 5.74) is 4.10. The number of hydrogen-bond acceptors (Lipinski definition) is 7. The van der Waals surface area contributed by atoms with Crippen molar-refractivity contribution in [2.75, 3.05) is 24.5 Å². The van der Waals surface area contributed by atoms with Crippen molar-refractivity contribution in [3.63, 3.8) is 0 Å². The molecule has 0 aliphatic rings. The summed E-state index contributed by atoms with van der Waals surface area (Å²) in [5.74, 6) is 6.91. The van der Waals surface area contributed by atoms with Crippen LogP contribution in [0.2, 0.25) is 0 Å². The third kappa shape index (κ3) is 3.19. The number of nitrogens with two attached hydrogens (primary N) is 1. The van der Waals surface area contributed by atoms with Crippen LogP contribution in [0.3, 0.4) is 0 Å². The third-order valence-corrected chi connectivity index (χ3v) is 2.96. The maximum atomic E-state index is 8.94. The highest BCUT2D eigenvalue weighted by Crippen LogP contribution is 2.31. The predicted octanol–water partition coefficient (Wildman–Crippen LogP) is 1.28. The van der Waals surface area contributed by atoms with Gasteiger partial charge in [0.25, 0.3) is 0 Å². The second-order valence-electron chi connectivity index (χ2n) is 4.39. The standard InChI is InChI=1S/C14H16N6O/c1-20(8-11-5-3-4-10(6-11)7-15)14-12(21-2)13(19-16)17-9-18-14/h3-6,9H,8,16H2,1-2H3,(H,17,18,19). The highest BCUT2D eigenvalue weighted by molar-refractivity contribution is 5.64. The maximum absolute atomic E-state index is 8.94. The van der Waals surface area contributed by atoms with Crippen LogP contribution in [-0.2, 0) is 6.54 Å². The van der Waals surface area contributed by atoms with E-state index in [9.17, 15) is 0 Å². The number of nitrogens with zero attached hydrogens (tertiary/aromatic N) is 4. The number of benzene rings is 1. The number of hydrogen-bond donors (Lipinski definition) is 2. The van der Waals surface area contributed by atoms with Crippen molar-refractivity contribution in [3.05, 3.63) is 41.7 Å². The molecule has 0 saturated carbocycles. The first-order chi connectivity index (χ1) is 10.2. The largest absolute Gasteiger partial charge is 0.490 e. The van der Waals surface area contributed by atoms with Gasteiger partial charge in [-0.15, -0.1) is 0 Å². The van der Waals surface area contributed by atoms with Gasteiger partial charge in [-0.2, -0.15) is 5.26 Å². The van der Waals surface area contributed by atoms with Crippen molar-refractivity contribution in [2.45, 2.75) is 6.54 Å². The molecule has 2 aromatic rings. The van der Waals surface area contributed by atoms with Gasteiger partial charge in [0, 0.05) is 13.6 Å². The van der Waals surface area contributed by atoms with Crippen molar-refractivity contribution in [1.82, 2.24) is 9.97 Å². The molecule has 0 bridgehead atoms. The van der Waals surface area contributed by atoms with E-state index < -0.39 is 0 Å². The quantitative estimate of drug-likeness (QED) is 0.630. The topological polar surface area (TPSA) is 100 Å². The summed E-state index contributed by atoms with van der Waals surface area (Å²) in [6, 6.07) is 9.54. The molecular weight excluding hydrogens is 268 g/mol. The fourth-order valence-corrected chi connectivity index (χ4v) is 2.02. The van der Waals surface area contributed by atoms with Gasteiger partial charge in [-0.3, -0.25) is 0 Å². The molecule has 0 radical (unpaired) electrons. The van der Waals surface area contributed by atoms with E-state index in [1.807, 2.05) is 30.1 Å². The van der Waals surface area contributed by atoms with Crippen LogP contribution in [0.25, 0.3) is 0 Å². The van der Waals surface area contributed by atoms with E-state index in [4.69, 9.17) is 15.8 Å². The molecule has 1 aromatic heterocycles. The van der Waals surface area contributed by atoms with E-state index in [1.54, 1.807) is 6.07 Å². The highest BCUT2D eigenvalue weighted by atomic mass is 16.5. The summed E-state index contributed by atoms with van der Waals surface area (Å²) in [4.78, 5) is 10.1. The first-order valence-corrected chi connectivity index (χ1v) is 6.25. The van der Waals surface area contributed by atoms with Crippen LogP contribution in [0.1, 0.15) is 11.1 Å². The molecule has 3 N–H and O–H groups in total. The maximum Gasteiger partial charge on any atom is 0.205 e. The van der Waals surface area contributed by atoms with Gasteiger partial charge in [0.05, 0.1) is 18.7 Å². The number of methoxy groups -OCH3 is 1. The van der Waals surface area contributed by atoms with Gasteiger partial charge in [0.2, 0.25) is 5.75 Å². The lowest BCUT2D eigenvalue weighted by molar-refractivity contribution is 0.412. The van der Waals surface area contributed by atoms with E-state index in [0.29, 0.717) is 29.5 Å². The Morgan fingerprint density at radius 2 is 2.24 bits per heavy atom. The van der Waals surface area contributed by atoms with Crippen LogP contribution in [-0.4, -0.2) is 24.1 Å². The Morgan fingerprint density at radius 1 is 1.43 bits per heavy atom. The fraction of sp³-hybridized carbons (Fsp3) is 0.214. The lowest BCUT2D eigenvalue weighted by atomic mass is 10.1. The second-order valence-corrected chi connectivity index (χ2v) is 4.39. The number of nitrogen functional groups attached to an aromatic ring is 1. The lowest BCUT2D eigenvalue weighted by Gasteiger charge is -2.21. The molecule has 1 heterocycles. The Labute approximate surface area is 123 Å². The monoisotopic (exact) mass is 284 g/mol. The van der Waals surface area contributed by atoms with E-state index >= 15 is 0 Å². The Morgan fingerprint density at radius 3 is 2.90 bits per heavy atom. The molecule has 108 valence electrons. The first kappa shape index (κ1) is 14.6. The molecule has 7 heteroatoms. The van der Waals surface area contributed by atoms with Gasteiger partial charge in [0.15, 0.2) is 11.6 Å². The molecule has 0 aliphatic carbocycles. The Bertz CT molecular complexity index is 667. The molecule has 21 heavy (non-hydrogen) atoms. The molecule has 0 saturated heterocycles. The Balaban J connectivity index is 2.28. The van der Waals surface area contributed by atoms with Crippen LogP contribution in [0.15, 0.2) is 30.6 Å². The minimum atomic E-state index is 0.417. The molecule has 7 nitrogen and oxygen atoms in total. The summed E-state index contributed by atoms with van der Waals surface area (Å²) in [6.07, 6.45) is 1.41. The van der Waals surface area contributed by atoms with Crippen LogP contribution in [0.5, 0.6) is 5.75 Å². The molecule has 0 spiro atoms. The number of rotatable bonds is 5. The zero-order valence-electron chi connectivity index (χ0n) is 11.9.